The quantitative estimate of drug-likeness (QED) is 0.115. The molecule has 0 radical (unpaired) electrons. The highest BCUT2D eigenvalue weighted by molar-refractivity contribution is 7.22. The largest absolute Gasteiger partial charge is 0.544 e. The van der Waals surface area contributed by atoms with Gasteiger partial charge in [-0.15, -0.1) is 11.3 Å². The summed E-state index contributed by atoms with van der Waals surface area (Å²) in [6, 6.07) is 22.2. The van der Waals surface area contributed by atoms with Crippen LogP contribution in [-0.4, -0.2) is 53.6 Å². The molecule has 3 aromatic carbocycles. The molecule has 0 bridgehead atoms. The number of ketones is 1. The highest BCUT2D eigenvalue weighted by Gasteiger charge is 2.40. The van der Waals surface area contributed by atoms with E-state index in [-0.39, 0.29) is 15.9 Å². The van der Waals surface area contributed by atoms with Gasteiger partial charge in [-0.1, -0.05) is 48.0 Å². The lowest BCUT2D eigenvalue weighted by atomic mass is 9.97. The molecule has 5 rings (SSSR count). The van der Waals surface area contributed by atoms with Gasteiger partial charge in [-0.25, -0.2) is 0 Å². The Morgan fingerprint density at radius 2 is 1.27 bits per heavy atom. The smallest absolute Gasteiger partial charge is 0.250 e. The van der Waals surface area contributed by atoms with Crippen molar-refractivity contribution in [1.29, 1.82) is 0 Å². The molecule has 258 valence electrons. The number of likely N-dealkylation sites (tertiary alicyclic amines) is 1. The van der Waals surface area contributed by atoms with Crippen LogP contribution in [0.15, 0.2) is 66.7 Å². The minimum absolute atomic E-state index is 0.00998. The molecule has 5 nitrogen and oxygen atoms in total. The molecule has 0 N–H and O–H groups in total. The Balaban J connectivity index is 1.45. The second-order valence-corrected chi connectivity index (χ2v) is 26.8. The first-order chi connectivity index (χ1) is 22.4. The van der Waals surface area contributed by atoms with E-state index in [9.17, 15) is 4.79 Å². The SMILES string of the molecule is CC(C)(C)[Si](C)(C)Oc1ccc(-c2sc3cc(O[Si](C)(C)C(C)(C)C)ccc3c2C(=O)c2ccc(OCCN3CCCCC3)cc2)cc1. The van der Waals surface area contributed by atoms with Crippen molar-refractivity contribution in [2.75, 3.05) is 26.2 Å². The summed E-state index contributed by atoms with van der Waals surface area (Å²) >= 11 is 1.65. The number of piperidine rings is 1. The van der Waals surface area contributed by atoms with Crippen molar-refractivity contribution in [2.24, 2.45) is 0 Å². The fourth-order valence-corrected chi connectivity index (χ4v) is 8.75. The van der Waals surface area contributed by atoms with E-state index in [0.717, 1.165) is 63.0 Å². The lowest BCUT2D eigenvalue weighted by Crippen LogP contribution is -2.43. The second-order valence-electron chi connectivity index (χ2n) is 16.3. The highest BCUT2D eigenvalue weighted by atomic mass is 32.1. The van der Waals surface area contributed by atoms with Crippen LogP contribution in [0.5, 0.6) is 17.2 Å². The molecule has 0 saturated carbocycles. The third-order valence-corrected chi connectivity index (χ3v) is 20.5. The number of hydrogen-bond acceptors (Lipinski definition) is 6. The van der Waals surface area contributed by atoms with Crippen LogP contribution >= 0.6 is 11.3 Å². The number of thiophene rings is 1. The van der Waals surface area contributed by atoms with Crippen molar-refractivity contribution in [1.82, 2.24) is 4.90 Å². The summed E-state index contributed by atoms with van der Waals surface area (Å²) in [4.78, 5) is 17.8. The maximum absolute atomic E-state index is 14.4. The summed E-state index contributed by atoms with van der Waals surface area (Å²) in [5, 5.41) is 1.14. The molecule has 1 aromatic heterocycles. The zero-order valence-electron chi connectivity index (χ0n) is 30.8. The standard InChI is InChI=1S/C40H55NO4SSi2/c1-39(2,3)47(7,8)44-32-20-16-30(17-21-32)38-36(34-23-22-33(28-35(34)46-38)45-48(9,10)40(4,5)6)37(42)29-14-18-31(19-15-29)43-27-26-41-24-12-11-13-25-41/h14-23,28H,11-13,24-27H2,1-10H3. The van der Waals surface area contributed by atoms with Crippen LogP contribution in [0.4, 0.5) is 0 Å². The second kappa shape index (κ2) is 14.1. The van der Waals surface area contributed by atoms with E-state index in [4.69, 9.17) is 13.6 Å². The number of fused-ring (bicyclic) bond motifs is 1. The summed E-state index contributed by atoms with van der Waals surface area (Å²) in [7, 11) is -4.01. The zero-order valence-corrected chi connectivity index (χ0v) is 33.6. The van der Waals surface area contributed by atoms with Crippen LogP contribution in [-0.2, 0) is 0 Å². The van der Waals surface area contributed by atoms with Crippen LogP contribution in [0, 0.1) is 0 Å². The van der Waals surface area contributed by atoms with Gasteiger partial charge in [0.2, 0.25) is 16.6 Å². The van der Waals surface area contributed by atoms with Crippen LogP contribution in [0.1, 0.15) is 76.7 Å². The Hall–Kier alpha value is -2.92. The predicted octanol–water partition coefficient (Wildman–Crippen LogP) is 11.4. The van der Waals surface area contributed by atoms with E-state index < -0.39 is 16.6 Å². The van der Waals surface area contributed by atoms with E-state index in [1.165, 1.54) is 19.3 Å². The average molecular weight is 702 g/mol. The minimum atomic E-state index is -2.03. The Kier molecular flexibility index (Phi) is 10.7. The molecule has 4 aromatic rings. The Morgan fingerprint density at radius 3 is 1.85 bits per heavy atom. The topological polar surface area (TPSA) is 48.0 Å². The lowest BCUT2D eigenvalue weighted by Gasteiger charge is -2.36. The number of hydrogen-bond donors (Lipinski definition) is 0. The Bertz CT molecular complexity index is 1710. The van der Waals surface area contributed by atoms with E-state index in [2.05, 4.69) is 109 Å². The first kappa shape index (κ1) is 36.4. The molecule has 0 atom stereocenters. The van der Waals surface area contributed by atoms with Crippen molar-refractivity contribution in [3.8, 4) is 27.7 Å². The van der Waals surface area contributed by atoms with Gasteiger partial charge in [-0.3, -0.25) is 9.69 Å². The highest BCUT2D eigenvalue weighted by Crippen LogP contribution is 2.44. The van der Waals surface area contributed by atoms with Crippen molar-refractivity contribution >= 4 is 43.8 Å². The molecular formula is C40H55NO4SSi2. The van der Waals surface area contributed by atoms with Crippen LogP contribution in [0.2, 0.25) is 36.3 Å². The lowest BCUT2D eigenvalue weighted by molar-refractivity contribution is 0.104. The van der Waals surface area contributed by atoms with Gasteiger partial charge >= 0.3 is 0 Å². The van der Waals surface area contributed by atoms with Crippen LogP contribution < -0.4 is 13.6 Å². The molecular weight excluding hydrogens is 647 g/mol. The molecule has 2 heterocycles. The fourth-order valence-electron chi connectivity index (χ4n) is 5.46. The third kappa shape index (κ3) is 8.26. The summed E-state index contributed by atoms with van der Waals surface area (Å²) in [6.07, 6.45) is 3.88. The van der Waals surface area contributed by atoms with Gasteiger partial charge in [0.05, 0.1) is 0 Å². The van der Waals surface area contributed by atoms with E-state index >= 15 is 0 Å². The fraction of sp³-hybridized carbons (Fsp3) is 0.475. The van der Waals surface area contributed by atoms with Gasteiger partial charge in [0.15, 0.2) is 5.78 Å². The van der Waals surface area contributed by atoms with Crippen molar-refractivity contribution in [3.63, 3.8) is 0 Å². The number of benzene rings is 3. The molecule has 1 saturated heterocycles. The Morgan fingerprint density at radius 1 is 0.729 bits per heavy atom. The minimum Gasteiger partial charge on any atom is -0.544 e. The normalized spacial score (nSPS) is 15.0. The molecule has 1 aliphatic rings. The maximum Gasteiger partial charge on any atom is 0.250 e. The number of carbonyl (C=O) groups is 1. The van der Waals surface area contributed by atoms with Crippen molar-refractivity contribution in [2.45, 2.75) is 97.1 Å². The molecule has 1 aliphatic heterocycles. The monoisotopic (exact) mass is 701 g/mol. The van der Waals surface area contributed by atoms with E-state index in [1.54, 1.807) is 11.3 Å². The van der Waals surface area contributed by atoms with Gasteiger partial charge in [-0.05, 0) is 134 Å². The molecule has 0 unspecified atom stereocenters. The van der Waals surface area contributed by atoms with Crippen LogP contribution in [0.25, 0.3) is 20.5 Å². The van der Waals surface area contributed by atoms with Crippen molar-refractivity contribution < 1.29 is 18.4 Å². The Labute approximate surface area is 294 Å². The first-order valence-electron chi connectivity index (χ1n) is 17.5. The van der Waals surface area contributed by atoms with Gasteiger partial charge in [0, 0.05) is 32.6 Å². The summed E-state index contributed by atoms with van der Waals surface area (Å²) in [5.41, 5.74) is 2.39. The molecule has 8 heteroatoms. The molecule has 48 heavy (non-hydrogen) atoms. The van der Waals surface area contributed by atoms with Gasteiger partial charge in [-0.2, -0.15) is 0 Å². The number of carbonyl (C=O) groups excluding carboxylic acids is 1. The summed E-state index contributed by atoms with van der Waals surface area (Å²) in [5.74, 6) is 2.55. The van der Waals surface area contributed by atoms with Gasteiger partial charge < -0.3 is 13.6 Å². The third-order valence-electron chi connectivity index (χ3n) is 10.6. The summed E-state index contributed by atoms with van der Waals surface area (Å²) in [6.45, 7) is 26.5. The number of ether oxygens (including phenoxy) is 1. The van der Waals surface area contributed by atoms with Gasteiger partial charge in [0.1, 0.15) is 23.9 Å². The number of rotatable bonds is 11. The van der Waals surface area contributed by atoms with Gasteiger partial charge in [0.25, 0.3) is 0 Å². The average Bonchev–Trinajstić information content (AvgIpc) is 3.39. The molecule has 0 amide bonds. The number of nitrogens with zero attached hydrogens (tertiary/aromatic N) is 1. The van der Waals surface area contributed by atoms with Crippen molar-refractivity contribution in [3.05, 3.63) is 77.9 Å². The van der Waals surface area contributed by atoms with Crippen LogP contribution in [0.3, 0.4) is 0 Å². The molecule has 1 fully saturated rings. The van der Waals surface area contributed by atoms with E-state index in [1.807, 2.05) is 30.3 Å². The maximum atomic E-state index is 14.4. The van der Waals surface area contributed by atoms with E-state index in [0.29, 0.717) is 12.2 Å². The zero-order chi connectivity index (χ0) is 34.9. The summed E-state index contributed by atoms with van der Waals surface area (Å²) < 4.78 is 20.4. The predicted molar refractivity (Wildman–Crippen MR) is 209 cm³/mol. The first-order valence-corrected chi connectivity index (χ1v) is 24.1. The molecule has 0 spiro atoms. The molecule has 0 aliphatic carbocycles.